The van der Waals surface area contributed by atoms with E-state index >= 15 is 0 Å². The van der Waals surface area contributed by atoms with E-state index in [2.05, 4.69) is 20.0 Å². The molecule has 0 unspecified atom stereocenters. The predicted molar refractivity (Wildman–Crippen MR) is 75.6 cm³/mol. The third-order valence-corrected chi connectivity index (χ3v) is 4.54. The molecule has 0 radical (unpaired) electrons. The van der Waals surface area contributed by atoms with Gasteiger partial charge in [0.15, 0.2) is 0 Å². The lowest BCUT2D eigenvalue weighted by Crippen LogP contribution is -2.31. The molecule has 0 aromatic carbocycles. The number of carbonyl (C=O) groups excluding carboxylic acids is 1. The third kappa shape index (κ3) is 2.22. The number of carbonyl (C=O) groups is 1. The normalized spacial score (nSPS) is 17.8. The van der Waals surface area contributed by atoms with Crippen LogP contribution >= 0.6 is 11.5 Å². The van der Waals surface area contributed by atoms with Gasteiger partial charge in [-0.05, 0) is 37.2 Å². The van der Waals surface area contributed by atoms with Crippen LogP contribution in [0.4, 0.5) is 0 Å². The number of fused-ring (bicyclic) bond motifs is 1. The van der Waals surface area contributed by atoms with Gasteiger partial charge in [0.2, 0.25) is 0 Å². The summed E-state index contributed by atoms with van der Waals surface area (Å²) in [5, 5.41) is 11.4. The van der Waals surface area contributed by atoms with Crippen LogP contribution in [0.25, 0.3) is 0 Å². The maximum atomic E-state index is 12.4. The van der Waals surface area contributed by atoms with Crippen molar-refractivity contribution in [3.63, 3.8) is 0 Å². The highest BCUT2D eigenvalue weighted by atomic mass is 32.1. The van der Waals surface area contributed by atoms with E-state index in [0.29, 0.717) is 4.88 Å². The standard InChI is InChI=1S/C13H17N5OS/c1-3-9-12(20-17-16-9)13(19)15-10-5-4-6-11-8(10)7-14-18(11)2/h7,10H,3-6H2,1-2H3,(H,15,19)/t10-/m1/s1. The predicted octanol–water partition coefficient (Wildman–Crippen LogP) is 1.64. The fourth-order valence-corrected chi connectivity index (χ4v) is 3.35. The number of amides is 1. The topological polar surface area (TPSA) is 72.7 Å². The summed E-state index contributed by atoms with van der Waals surface area (Å²) >= 11 is 1.16. The minimum absolute atomic E-state index is 0.0479. The second-order valence-electron chi connectivity index (χ2n) is 4.99. The molecule has 6 nitrogen and oxygen atoms in total. The van der Waals surface area contributed by atoms with E-state index in [1.807, 2.05) is 24.9 Å². The summed E-state index contributed by atoms with van der Waals surface area (Å²) < 4.78 is 5.77. The molecule has 2 aromatic rings. The Kier molecular flexibility index (Phi) is 3.52. The Morgan fingerprint density at radius 1 is 1.60 bits per heavy atom. The van der Waals surface area contributed by atoms with E-state index < -0.39 is 0 Å². The molecule has 0 saturated carbocycles. The first-order chi connectivity index (χ1) is 9.70. The van der Waals surface area contributed by atoms with Crippen LogP contribution in [0.2, 0.25) is 0 Å². The molecule has 2 heterocycles. The molecule has 3 rings (SSSR count). The fourth-order valence-electron chi connectivity index (χ4n) is 2.69. The van der Waals surface area contributed by atoms with E-state index in [0.717, 1.165) is 48.5 Å². The van der Waals surface area contributed by atoms with E-state index in [-0.39, 0.29) is 11.9 Å². The monoisotopic (exact) mass is 291 g/mol. The van der Waals surface area contributed by atoms with Crippen LogP contribution in [0.5, 0.6) is 0 Å². The number of hydrogen-bond donors (Lipinski definition) is 1. The highest BCUT2D eigenvalue weighted by molar-refractivity contribution is 7.08. The summed E-state index contributed by atoms with van der Waals surface area (Å²) in [6, 6.07) is 0.0479. The van der Waals surface area contributed by atoms with E-state index in [1.165, 1.54) is 5.69 Å². The van der Waals surface area contributed by atoms with Crippen molar-refractivity contribution in [2.75, 3.05) is 0 Å². The number of nitrogens with zero attached hydrogens (tertiary/aromatic N) is 4. The first-order valence-electron chi connectivity index (χ1n) is 6.83. The van der Waals surface area contributed by atoms with Crippen LogP contribution in [0.1, 0.15) is 52.4 Å². The second kappa shape index (κ2) is 5.32. The van der Waals surface area contributed by atoms with Crippen LogP contribution in [-0.2, 0) is 19.9 Å². The Balaban J connectivity index is 1.81. The van der Waals surface area contributed by atoms with Crippen molar-refractivity contribution in [3.05, 3.63) is 28.0 Å². The van der Waals surface area contributed by atoms with Gasteiger partial charge < -0.3 is 5.32 Å². The van der Waals surface area contributed by atoms with E-state index in [1.54, 1.807) is 0 Å². The average Bonchev–Trinajstić information content (AvgIpc) is 3.06. The van der Waals surface area contributed by atoms with Gasteiger partial charge in [-0.15, -0.1) is 5.10 Å². The molecule has 1 N–H and O–H groups in total. The smallest absolute Gasteiger partial charge is 0.265 e. The summed E-state index contributed by atoms with van der Waals surface area (Å²) in [6.45, 7) is 1.98. The molecule has 2 aromatic heterocycles. The van der Waals surface area contributed by atoms with Crippen LogP contribution in [0.15, 0.2) is 6.20 Å². The zero-order valence-corrected chi connectivity index (χ0v) is 12.4. The van der Waals surface area contributed by atoms with Crippen molar-refractivity contribution in [1.82, 2.24) is 24.7 Å². The lowest BCUT2D eigenvalue weighted by molar-refractivity contribution is 0.0935. The average molecular weight is 291 g/mol. The summed E-state index contributed by atoms with van der Waals surface area (Å²) in [6.07, 6.45) is 5.64. The lowest BCUT2D eigenvalue weighted by atomic mass is 9.93. The quantitative estimate of drug-likeness (QED) is 0.933. The number of aryl methyl sites for hydroxylation is 2. The molecule has 106 valence electrons. The van der Waals surface area contributed by atoms with Crippen LogP contribution in [0, 0.1) is 0 Å². The molecule has 7 heteroatoms. The van der Waals surface area contributed by atoms with Gasteiger partial charge >= 0.3 is 0 Å². The molecular weight excluding hydrogens is 274 g/mol. The molecule has 0 aliphatic heterocycles. The minimum atomic E-state index is -0.0708. The molecule has 1 atom stereocenters. The minimum Gasteiger partial charge on any atom is -0.344 e. The van der Waals surface area contributed by atoms with Crippen molar-refractivity contribution in [3.8, 4) is 0 Å². The van der Waals surface area contributed by atoms with Crippen molar-refractivity contribution >= 4 is 17.4 Å². The van der Waals surface area contributed by atoms with Crippen LogP contribution < -0.4 is 5.32 Å². The zero-order chi connectivity index (χ0) is 14.1. The summed E-state index contributed by atoms with van der Waals surface area (Å²) in [4.78, 5) is 13.0. The first-order valence-corrected chi connectivity index (χ1v) is 7.61. The maximum absolute atomic E-state index is 12.4. The van der Waals surface area contributed by atoms with E-state index in [4.69, 9.17) is 0 Å². The number of hydrogen-bond acceptors (Lipinski definition) is 5. The van der Waals surface area contributed by atoms with E-state index in [9.17, 15) is 4.79 Å². The molecular formula is C13H17N5OS. The van der Waals surface area contributed by atoms with Gasteiger partial charge in [-0.1, -0.05) is 11.4 Å². The Hall–Kier alpha value is -1.76. The number of rotatable bonds is 3. The molecule has 0 fully saturated rings. The van der Waals surface area contributed by atoms with Crippen molar-refractivity contribution in [2.45, 2.75) is 38.6 Å². The largest absolute Gasteiger partial charge is 0.344 e. The molecule has 0 bridgehead atoms. The second-order valence-corrected chi connectivity index (χ2v) is 5.74. The fraction of sp³-hybridized carbons (Fsp3) is 0.538. The summed E-state index contributed by atoms with van der Waals surface area (Å²) in [7, 11) is 1.95. The van der Waals surface area contributed by atoms with Crippen LogP contribution in [0.3, 0.4) is 0 Å². The van der Waals surface area contributed by atoms with Crippen molar-refractivity contribution in [1.29, 1.82) is 0 Å². The highest BCUT2D eigenvalue weighted by Crippen LogP contribution is 2.29. The van der Waals surface area contributed by atoms with Gasteiger partial charge in [0.05, 0.1) is 17.9 Å². The highest BCUT2D eigenvalue weighted by Gasteiger charge is 2.26. The molecule has 0 saturated heterocycles. The van der Waals surface area contributed by atoms with Gasteiger partial charge in [0.25, 0.3) is 5.91 Å². The maximum Gasteiger partial charge on any atom is 0.265 e. The van der Waals surface area contributed by atoms with Gasteiger partial charge in [-0.25, -0.2) is 0 Å². The number of nitrogens with one attached hydrogen (secondary N) is 1. The lowest BCUT2D eigenvalue weighted by Gasteiger charge is -2.23. The van der Waals surface area contributed by atoms with Gasteiger partial charge in [-0.3, -0.25) is 9.48 Å². The molecule has 0 spiro atoms. The molecule has 1 aliphatic carbocycles. The Labute approximate surface area is 121 Å². The Bertz CT molecular complexity index is 632. The van der Waals surface area contributed by atoms with Crippen molar-refractivity contribution < 1.29 is 4.79 Å². The molecule has 1 aliphatic rings. The van der Waals surface area contributed by atoms with Gasteiger partial charge in [0, 0.05) is 18.3 Å². The summed E-state index contributed by atoms with van der Waals surface area (Å²) in [5.41, 5.74) is 3.14. The van der Waals surface area contributed by atoms with Gasteiger partial charge in [0.1, 0.15) is 4.88 Å². The van der Waals surface area contributed by atoms with Crippen molar-refractivity contribution in [2.24, 2.45) is 7.05 Å². The Morgan fingerprint density at radius 3 is 3.25 bits per heavy atom. The van der Waals surface area contributed by atoms with Gasteiger partial charge in [-0.2, -0.15) is 5.10 Å². The van der Waals surface area contributed by atoms with Crippen LogP contribution in [-0.4, -0.2) is 25.3 Å². The molecule has 1 amide bonds. The number of aromatic nitrogens is 4. The summed E-state index contributed by atoms with van der Waals surface area (Å²) in [5.74, 6) is -0.0708. The third-order valence-electron chi connectivity index (χ3n) is 3.78. The zero-order valence-electron chi connectivity index (χ0n) is 11.6. The Morgan fingerprint density at radius 2 is 2.45 bits per heavy atom. The SMILES string of the molecule is CCc1nnsc1C(=O)N[C@@H]1CCCc2c1cnn2C. The first kappa shape index (κ1) is 13.2. The molecule has 20 heavy (non-hydrogen) atoms.